The lowest BCUT2D eigenvalue weighted by atomic mass is 9.89. The zero-order chi connectivity index (χ0) is 15.6. The molecule has 1 fully saturated rings. The first kappa shape index (κ1) is 16.5. The van der Waals surface area contributed by atoms with Crippen molar-refractivity contribution >= 4 is 29.2 Å². The number of methoxy groups -OCH3 is 1. The molecule has 21 heavy (non-hydrogen) atoms. The molecule has 1 saturated heterocycles. The topological polar surface area (TPSA) is 41.6 Å². The van der Waals surface area contributed by atoms with Gasteiger partial charge < -0.3 is 10.1 Å². The summed E-state index contributed by atoms with van der Waals surface area (Å²) >= 11 is 11.9. The van der Waals surface area contributed by atoms with E-state index in [0.29, 0.717) is 18.7 Å². The van der Waals surface area contributed by atoms with Gasteiger partial charge in [-0.25, -0.2) is 9.18 Å². The second kappa shape index (κ2) is 6.48. The summed E-state index contributed by atoms with van der Waals surface area (Å²) in [4.78, 5) is 14.3. The van der Waals surface area contributed by atoms with E-state index in [9.17, 15) is 9.18 Å². The highest BCUT2D eigenvalue weighted by molar-refractivity contribution is 6.35. The van der Waals surface area contributed by atoms with Crippen LogP contribution in [0.15, 0.2) is 12.1 Å². The third-order valence-corrected chi connectivity index (χ3v) is 4.47. The predicted octanol–water partition coefficient (Wildman–Crippen LogP) is 2.43. The average molecular weight is 335 g/mol. The number of halogens is 3. The molecule has 1 aliphatic rings. The Morgan fingerprint density at radius 2 is 1.95 bits per heavy atom. The largest absolute Gasteiger partial charge is 0.467 e. The van der Waals surface area contributed by atoms with Gasteiger partial charge in [-0.2, -0.15) is 0 Å². The maximum atomic E-state index is 13.9. The molecule has 0 amide bonds. The first-order chi connectivity index (χ1) is 9.91. The van der Waals surface area contributed by atoms with E-state index in [0.717, 1.165) is 13.1 Å². The monoisotopic (exact) mass is 334 g/mol. The Bertz CT molecular complexity index is 550. The SMILES string of the molecule is COC(=O)C(C)(c1cc(F)c(Cl)cc1Cl)N1CCNCC1. The van der Waals surface area contributed by atoms with E-state index >= 15 is 0 Å². The third kappa shape index (κ3) is 3.01. The van der Waals surface area contributed by atoms with Crippen LogP contribution in [0.5, 0.6) is 0 Å². The molecule has 0 aliphatic carbocycles. The van der Waals surface area contributed by atoms with Crippen molar-refractivity contribution in [2.75, 3.05) is 33.3 Å². The van der Waals surface area contributed by atoms with E-state index in [1.165, 1.54) is 19.2 Å². The molecule has 1 N–H and O–H groups in total. The van der Waals surface area contributed by atoms with Crippen LogP contribution in [0.1, 0.15) is 12.5 Å². The molecular formula is C14H17Cl2FN2O2. The molecule has 1 atom stereocenters. The van der Waals surface area contributed by atoms with E-state index in [4.69, 9.17) is 27.9 Å². The maximum Gasteiger partial charge on any atom is 0.330 e. The van der Waals surface area contributed by atoms with Crippen molar-refractivity contribution in [3.63, 3.8) is 0 Å². The van der Waals surface area contributed by atoms with Gasteiger partial charge in [-0.1, -0.05) is 23.2 Å². The summed E-state index contributed by atoms with van der Waals surface area (Å²) in [6.07, 6.45) is 0. The Kier molecular flexibility index (Phi) is 5.09. The Labute approximate surface area is 133 Å². The third-order valence-electron chi connectivity index (χ3n) is 3.87. The highest BCUT2D eigenvalue weighted by Gasteiger charge is 2.44. The Morgan fingerprint density at radius 1 is 1.33 bits per heavy atom. The number of benzene rings is 1. The Morgan fingerprint density at radius 3 is 2.52 bits per heavy atom. The van der Waals surface area contributed by atoms with Gasteiger partial charge in [0.1, 0.15) is 11.4 Å². The number of hydrogen-bond donors (Lipinski definition) is 1. The van der Waals surface area contributed by atoms with E-state index < -0.39 is 17.3 Å². The number of nitrogens with one attached hydrogen (secondary N) is 1. The lowest BCUT2D eigenvalue weighted by Gasteiger charge is -2.41. The smallest absolute Gasteiger partial charge is 0.330 e. The molecule has 7 heteroatoms. The van der Waals surface area contributed by atoms with Crippen LogP contribution in [-0.4, -0.2) is 44.2 Å². The van der Waals surface area contributed by atoms with Crippen molar-refractivity contribution in [1.82, 2.24) is 10.2 Å². The molecule has 116 valence electrons. The fourth-order valence-electron chi connectivity index (χ4n) is 2.62. The summed E-state index contributed by atoms with van der Waals surface area (Å²) < 4.78 is 18.8. The Balaban J connectivity index is 2.54. The number of carbonyl (C=O) groups excluding carboxylic acids is 1. The van der Waals surface area contributed by atoms with Crippen LogP contribution in [0.4, 0.5) is 4.39 Å². The molecule has 1 heterocycles. The minimum atomic E-state index is -1.15. The fourth-order valence-corrected chi connectivity index (χ4v) is 3.18. The van der Waals surface area contributed by atoms with E-state index in [-0.39, 0.29) is 10.0 Å². The summed E-state index contributed by atoms with van der Waals surface area (Å²) in [7, 11) is 1.31. The first-order valence-corrected chi connectivity index (χ1v) is 7.36. The van der Waals surface area contributed by atoms with Crippen molar-refractivity contribution in [2.45, 2.75) is 12.5 Å². The zero-order valence-corrected chi connectivity index (χ0v) is 13.4. The lowest BCUT2D eigenvalue weighted by molar-refractivity contribution is -0.155. The van der Waals surface area contributed by atoms with Crippen LogP contribution in [-0.2, 0) is 15.1 Å². The van der Waals surface area contributed by atoms with E-state index in [1.54, 1.807) is 6.92 Å². The van der Waals surface area contributed by atoms with Gasteiger partial charge in [-0.3, -0.25) is 4.90 Å². The normalized spacial score (nSPS) is 19.1. The van der Waals surface area contributed by atoms with Gasteiger partial charge in [-0.15, -0.1) is 0 Å². The molecule has 0 saturated carbocycles. The molecule has 1 aromatic rings. The van der Waals surface area contributed by atoms with Crippen LogP contribution >= 0.6 is 23.2 Å². The summed E-state index contributed by atoms with van der Waals surface area (Å²) in [6.45, 7) is 4.43. The number of nitrogens with zero attached hydrogens (tertiary/aromatic N) is 1. The van der Waals surface area contributed by atoms with Gasteiger partial charge in [0.15, 0.2) is 0 Å². The number of esters is 1. The van der Waals surface area contributed by atoms with Crippen molar-refractivity contribution in [1.29, 1.82) is 0 Å². The minimum absolute atomic E-state index is 0.0729. The molecule has 0 radical (unpaired) electrons. The molecular weight excluding hydrogens is 318 g/mol. The first-order valence-electron chi connectivity index (χ1n) is 6.60. The number of hydrogen-bond acceptors (Lipinski definition) is 4. The van der Waals surface area contributed by atoms with Gasteiger partial charge in [0.2, 0.25) is 0 Å². The average Bonchev–Trinajstić information content (AvgIpc) is 2.50. The number of rotatable bonds is 3. The van der Waals surface area contributed by atoms with Gasteiger partial charge in [0, 0.05) is 36.8 Å². The quantitative estimate of drug-likeness (QED) is 0.681. The van der Waals surface area contributed by atoms with E-state index in [2.05, 4.69) is 5.32 Å². The highest BCUT2D eigenvalue weighted by Crippen LogP contribution is 2.37. The minimum Gasteiger partial charge on any atom is -0.467 e. The molecule has 0 aromatic heterocycles. The van der Waals surface area contributed by atoms with Crippen molar-refractivity contribution in [3.8, 4) is 0 Å². The number of piperazine rings is 1. The number of ether oxygens (including phenoxy) is 1. The van der Waals surface area contributed by atoms with Crippen LogP contribution in [0.2, 0.25) is 10.0 Å². The fraction of sp³-hybridized carbons (Fsp3) is 0.500. The van der Waals surface area contributed by atoms with Crippen LogP contribution in [0.25, 0.3) is 0 Å². The lowest BCUT2D eigenvalue weighted by Crippen LogP contribution is -2.57. The summed E-state index contributed by atoms with van der Waals surface area (Å²) in [5, 5.41) is 3.38. The van der Waals surface area contributed by atoms with Gasteiger partial charge in [-0.05, 0) is 19.1 Å². The molecule has 2 rings (SSSR count). The zero-order valence-electron chi connectivity index (χ0n) is 11.9. The van der Waals surface area contributed by atoms with Crippen LogP contribution in [0, 0.1) is 5.82 Å². The molecule has 1 unspecified atom stereocenters. The van der Waals surface area contributed by atoms with Crippen molar-refractivity contribution in [2.24, 2.45) is 0 Å². The maximum absolute atomic E-state index is 13.9. The van der Waals surface area contributed by atoms with Crippen molar-refractivity contribution < 1.29 is 13.9 Å². The van der Waals surface area contributed by atoms with Gasteiger partial charge in [0.25, 0.3) is 0 Å². The second-order valence-electron chi connectivity index (χ2n) is 5.05. The predicted molar refractivity (Wildman–Crippen MR) is 80.2 cm³/mol. The molecule has 1 aliphatic heterocycles. The van der Waals surface area contributed by atoms with Gasteiger partial charge in [0.05, 0.1) is 12.1 Å². The summed E-state index contributed by atoms with van der Waals surface area (Å²) in [5.41, 5.74) is -0.792. The number of carbonyl (C=O) groups is 1. The van der Waals surface area contributed by atoms with Crippen LogP contribution in [0.3, 0.4) is 0 Å². The van der Waals surface area contributed by atoms with Gasteiger partial charge >= 0.3 is 5.97 Å². The second-order valence-corrected chi connectivity index (χ2v) is 5.86. The molecule has 4 nitrogen and oxygen atoms in total. The summed E-state index contributed by atoms with van der Waals surface area (Å²) in [6, 6.07) is 2.53. The molecule has 0 bridgehead atoms. The Hall–Kier alpha value is -0.880. The summed E-state index contributed by atoms with van der Waals surface area (Å²) in [5.74, 6) is -1.09. The molecule has 0 spiro atoms. The van der Waals surface area contributed by atoms with E-state index in [1.807, 2.05) is 4.90 Å². The molecule has 1 aromatic carbocycles. The standard InChI is InChI=1S/C14H17Cl2FN2O2/c1-14(13(20)21-2,19-5-3-18-4-6-19)9-7-12(17)11(16)8-10(9)15/h7-8,18H,3-6H2,1-2H3. The van der Waals surface area contributed by atoms with Crippen LogP contribution < -0.4 is 5.32 Å². The highest BCUT2D eigenvalue weighted by atomic mass is 35.5. The van der Waals surface area contributed by atoms with Crippen molar-refractivity contribution in [3.05, 3.63) is 33.6 Å².